The van der Waals surface area contributed by atoms with Gasteiger partial charge in [-0.25, -0.2) is 0 Å². The third-order valence-electron chi connectivity index (χ3n) is 3.82. The maximum atomic E-state index is 9.23. The van der Waals surface area contributed by atoms with Gasteiger partial charge in [0.1, 0.15) is 6.61 Å². The summed E-state index contributed by atoms with van der Waals surface area (Å²) in [5.74, 6) is 1.38. The van der Waals surface area contributed by atoms with Crippen molar-refractivity contribution < 1.29 is 14.6 Å². The quantitative estimate of drug-likeness (QED) is 0.723. The molecule has 0 saturated carbocycles. The maximum Gasteiger partial charge on any atom is 0.161 e. The summed E-state index contributed by atoms with van der Waals surface area (Å²) in [5, 5.41) is 13.2. The Hall–Kier alpha value is -1.75. The van der Waals surface area contributed by atoms with E-state index in [1.165, 1.54) is 0 Å². The number of rotatable bonds is 9. The zero-order chi connectivity index (χ0) is 17.4. The fourth-order valence-corrected chi connectivity index (χ4v) is 2.54. The van der Waals surface area contributed by atoms with Crippen molar-refractivity contribution in [3.63, 3.8) is 0 Å². The molecule has 0 aromatic heterocycles. The molecule has 0 spiro atoms. The van der Waals surface area contributed by atoms with Gasteiger partial charge in [-0.1, -0.05) is 36.7 Å². The van der Waals surface area contributed by atoms with Crippen LogP contribution in [0.2, 0.25) is 5.02 Å². The molecule has 0 aliphatic carbocycles. The van der Waals surface area contributed by atoms with Crippen LogP contribution in [0.15, 0.2) is 42.5 Å². The Morgan fingerprint density at radius 3 is 2.62 bits per heavy atom. The lowest BCUT2D eigenvalue weighted by atomic mass is 10.1. The third-order valence-corrected chi connectivity index (χ3v) is 4.05. The molecule has 0 amide bonds. The van der Waals surface area contributed by atoms with Crippen LogP contribution in [0.5, 0.6) is 11.5 Å². The minimum Gasteiger partial charge on any atom is -0.493 e. The first-order chi connectivity index (χ1) is 11.7. The predicted molar refractivity (Wildman–Crippen MR) is 96.8 cm³/mol. The summed E-state index contributed by atoms with van der Waals surface area (Å²) in [5.41, 5.74) is 2.08. The number of hydrogen-bond acceptors (Lipinski definition) is 4. The second kappa shape index (κ2) is 9.52. The van der Waals surface area contributed by atoms with Gasteiger partial charge in [-0.3, -0.25) is 0 Å². The topological polar surface area (TPSA) is 50.7 Å². The first kappa shape index (κ1) is 18.6. The van der Waals surface area contributed by atoms with Gasteiger partial charge in [0, 0.05) is 17.6 Å². The van der Waals surface area contributed by atoms with E-state index in [-0.39, 0.29) is 12.6 Å². The van der Waals surface area contributed by atoms with E-state index in [1.54, 1.807) is 7.11 Å². The SMILES string of the molecule is CC[C@H](CO)NCc1ccc(OCc2cccc(Cl)c2)c(OC)c1. The highest BCUT2D eigenvalue weighted by Gasteiger charge is 2.08. The average molecular weight is 350 g/mol. The van der Waals surface area contributed by atoms with Gasteiger partial charge in [-0.05, 0) is 41.8 Å². The molecule has 2 aromatic rings. The molecule has 5 heteroatoms. The molecule has 2 rings (SSSR count). The van der Waals surface area contributed by atoms with Crippen LogP contribution in [0.3, 0.4) is 0 Å². The van der Waals surface area contributed by atoms with Crippen LogP contribution in [0.25, 0.3) is 0 Å². The van der Waals surface area contributed by atoms with Crippen molar-refractivity contribution in [1.82, 2.24) is 5.32 Å². The van der Waals surface area contributed by atoms with Gasteiger partial charge in [-0.15, -0.1) is 0 Å². The van der Waals surface area contributed by atoms with Crippen LogP contribution in [-0.4, -0.2) is 24.9 Å². The van der Waals surface area contributed by atoms with Crippen molar-refractivity contribution in [3.8, 4) is 11.5 Å². The van der Waals surface area contributed by atoms with Crippen LogP contribution in [0.4, 0.5) is 0 Å². The molecule has 0 heterocycles. The van der Waals surface area contributed by atoms with Gasteiger partial charge in [-0.2, -0.15) is 0 Å². The maximum absolute atomic E-state index is 9.23. The molecule has 2 N–H and O–H groups in total. The Morgan fingerprint density at radius 1 is 1.12 bits per heavy atom. The highest BCUT2D eigenvalue weighted by Crippen LogP contribution is 2.29. The normalized spacial score (nSPS) is 12.0. The third kappa shape index (κ3) is 5.41. The van der Waals surface area contributed by atoms with Crippen LogP contribution >= 0.6 is 11.6 Å². The van der Waals surface area contributed by atoms with Gasteiger partial charge in [0.15, 0.2) is 11.5 Å². The molecule has 0 aliphatic heterocycles. The highest BCUT2D eigenvalue weighted by atomic mass is 35.5. The number of nitrogens with one attached hydrogen (secondary N) is 1. The predicted octanol–water partition coefficient (Wildman–Crippen LogP) is 3.79. The number of halogens is 1. The number of benzene rings is 2. The Bertz CT molecular complexity index is 644. The van der Waals surface area contributed by atoms with Crippen molar-refractivity contribution in [2.24, 2.45) is 0 Å². The molecule has 0 saturated heterocycles. The van der Waals surface area contributed by atoms with E-state index in [0.29, 0.717) is 29.7 Å². The van der Waals surface area contributed by atoms with Gasteiger partial charge < -0.3 is 19.9 Å². The molecule has 0 unspecified atom stereocenters. The lowest BCUT2D eigenvalue weighted by Gasteiger charge is -2.16. The van der Waals surface area contributed by atoms with E-state index in [1.807, 2.05) is 49.4 Å². The number of ether oxygens (including phenoxy) is 2. The molecule has 4 nitrogen and oxygen atoms in total. The van der Waals surface area contributed by atoms with Crippen LogP contribution in [-0.2, 0) is 13.2 Å². The van der Waals surface area contributed by atoms with Gasteiger partial charge in [0.2, 0.25) is 0 Å². The van der Waals surface area contributed by atoms with Gasteiger partial charge >= 0.3 is 0 Å². The van der Waals surface area contributed by atoms with Crippen LogP contribution in [0.1, 0.15) is 24.5 Å². The number of methoxy groups -OCH3 is 1. The minimum absolute atomic E-state index is 0.106. The largest absolute Gasteiger partial charge is 0.493 e. The van der Waals surface area contributed by atoms with E-state index in [2.05, 4.69) is 5.32 Å². The second-order valence-corrected chi connectivity index (χ2v) is 6.01. The van der Waals surface area contributed by atoms with Crippen molar-refractivity contribution in [2.75, 3.05) is 13.7 Å². The van der Waals surface area contributed by atoms with Gasteiger partial charge in [0.05, 0.1) is 13.7 Å². The lowest BCUT2D eigenvalue weighted by Crippen LogP contribution is -2.31. The van der Waals surface area contributed by atoms with Crippen molar-refractivity contribution in [1.29, 1.82) is 0 Å². The summed E-state index contributed by atoms with van der Waals surface area (Å²) in [6.45, 7) is 3.27. The zero-order valence-corrected chi connectivity index (χ0v) is 14.8. The van der Waals surface area contributed by atoms with Gasteiger partial charge in [0.25, 0.3) is 0 Å². The zero-order valence-electron chi connectivity index (χ0n) is 14.1. The second-order valence-electron chi connectivity index (χ2n) is 5.57. The Balaban J connectivity index is 2.00. The molecule has 1 atom stereocenters. The highest BCUT2D eigenvalue weighted by molar-refractivity contribution is 6.30. The Morgan fingerprint density at radius 2 is 1.96 bits per heavy atom. The fraction of sp³-hybridized carbons (Fsp3) is 0.368. The number of aliphatic hydroxyl groups is 1. The monoisotopic (exact) mass is 349 g/mol. The minimum atomic E-state index is 0.106. The Labute approximate surface area is 148 Å². The van der Waals surface area contributed by atoms with Crippen molar-refractivity contribution in [2.45, 2.75) is 32.5 Å². The van der Waals surface area contributed by atoms with E-state index in [4.69, 9.17) is 21.1 Å². The van der Waals surface area contributed by atoms with E-state index >= 15 is 0 Å². The van der Waals surface area contributed by atoms with E-state index < -0.39 is 0 Å². The fourth-order valence-electron chi connectivity index (χ4n) is 2.33. The van der Waals surface area contributed by atoms with Crippen molar-refractivity contribution in [3.05, 3.63) is 58.6 Å². The summed E-state index contributed by atoms with van der Waals surface area (Å²) >= 11 is 5.99. The summed E-state index contributed by atoms with van der Waals surface area (Å²) in [6.07, 6.45) is 0.883. The molecule has 130 valence electrons. The van der Waals surface area contributed by atoms with E-state index in [9.17, 15) is 5.11 Å². The summed E-state index contributed by atoms with van der Waals surface area (Å²) < 4.78 is 11.3. The summed E-state index contributed by atoms with van der Waals surface area (Å²) in [6, 6.07) is 13.5. The molecule has 0 fully saturated rings. The molecule has 0 bridgehead atoms. The smallest absolute Gasteiger partial charge is 0.161 e. The van der Waals surface area contributed by atoms with Crippen LogP contribution in [0, 0.1) is 0 Å². The first-order valence-corrected chi connectivity index (χ1v) is 8.42. The van der Waals surface area contributed by atoms with Crippen LogP contribution < -0.4 is 14.8 Å². The lowest BCUT2D eigenvalue weighted by molar-refractivity contribution is 0.238. The number of hydrogen-bond donors (Lipinski definition) is 2. The molecule has 0 radical (unpaired) electrons. The van der Waals surface area contributed by atoms with E-state index in [0.717, 1.165) is 17.5 Å². The molecular formula is C19H24ClNO3. The number of aliphatic hydroxyl groups excluding tert-OH is 1. The van der Waals surface area contributed by atoms with Crippen molar-refractivity contribution >= 4 is 11.6 Å². The first-order valence-electron chi connectivity index (χ1n) is 8.04. The average Bonchev–Trinajstić information content (AvgIpc) is 2.61. The molecule has 0 aliphatic rings. The molecular weight excluding hydrogens is 326 g/mol. The summed E-state index contributed by atoms with van der Waals surface area (Å²) in [4.78, 5) is 0. The summed E-state index contributed by atoms with van der Waals surface area (Å²) in [7, 11) is 1.63. The molecule has 24 heavy (non-hydrogen) atoms. The molecule has 2 aromatic carbocycles. The Kier molecular flexibility index (Phi) is 7.37. The standard InChI is InChI=1S/C19H24ClNO3/c1-3-17(12-22)21-11-14-7-8-18(19(10-14)23-2)24-13-15-5-4-6-16(20)9-15/h4-10,17,21-22H,3,11-13H2,1-2H3/t17-/m1/s1.